The van der Waals surface area contributed by atoms with Crippen LogP contribution >= 0.6 is 11.3 Å². The third-order valence-electron chi connectivity index (χ3n) is 4.09. The quantitative estimate of drug-likeness (QED) is 0.622. The van der Waals surface area contributed by atoms with E-state index in [1.54, 1.807) is 35.9 Å². The summed E-state index contributed by atoms with van der Waals surface area (Å²) in [7, 11) is 0. The molecule has 2 aromatic heterocycles. The van der Waals surface area contributed by atoms with E-state index < -0.39 is 0 Å². The van der Waals surface area contributed by atoms with Gasteiger partial charge in [0.2, 0.25) is 0 Å². The topological polar surface area (TPSA) is 75.1 Å². The number of hydrogen-bond acceptors (Lipinski definition) is 5. The highest BCUT2D eigenvalue weighted by Gasteiger charge is 2.11. The lowest BCUT2D eigenvalue weighted by molar-refractivity contribution is 0.0950. The van der Waals surface area contributed by atoms with E-state index in [0.717, 1.165) is 41.1 Å². The van der Waals surface area contributed by atoms with Gasteiger partial charge in [-0.3, -0.25) is 9.78 Å². The van der Waals surface area contributed by atoms with Gasteiger partial charge in [0, 0.05) is 36.3 Å². The van der Waals surface area contributed by atoms with Crippen molar-refractivity contribution in [1.82, 2.24) is 15.3 Å². The van der Waals surface area contributed by atoms with Gasteiger partial charge >= 0.3 is 0 Å². The first-order valence-electron chi connectivity index (χ1n) is 8.62. The molecule has 0 unspecified atom stereocenters. The van der Waals surface area contributed by atoms with Crippen molar-refractivity contribution in [3.05, 3.63) is 64.2 Å². The average Bonchev–Trinajstić information content (AvgIpc) is 3.15. The molecule has 0 aliphatic carbocycles. The number of pyridine rings is 1. The van der Waals surface area contributed by atoms with Crippen LogP contribution in [0, 0.1) is 0 Å². The van der Waals surface area contributed by atoms with Crippen molar-refractivity contribution in [3.8, 4) is 17.0 Å². The number of hydrogen-bond donors (Lipinski definition) is 2. The molecule has 0 spiro atoms. The lowest BCUT2D eigenvalue weighted by Crippen LogP contribution is -2.25. The SMILES string of the molecule is CCc1ccc(O)c(C(=O)NCCCc2nc(-c3ccncc3)cs2)c1. The summed E-state index contributed by atoms with van der Waals surface area (Å²) in [6, 6.07) is 9.03. The number of nitrogens with zero attached hydrogens (tertiary/aromatic N) is 2. The Kier molecular flexibility index (Phi) is 5.96. The fourth-order valence-corrected chi connectivity index (χ4v) is 3.45. The van der Waals surface area contributed by atoms with Crippen molar-refractivity contribution in [2.45, 2.75) is 26.2 Å². The van der Waals surface area contributed by atoms with Crippen LogP contribution in [0.3, 0.4) is 0 Å². The zero-order valence-corrected chi connectivity index (χ0v) is 15.4. The molecule has 134 valence electrons. The molecule has 0 atom stereocenters. The third-order valence-corrected chi connectivity index (χ3v) is 5.00. The highest BCUT2D eigenvalue weighted by Crippen LogP contribution is 2.22. The summed E-state index contributed by atoms with van der Waals surface area (Å²) >= 11 is 1.62. The first-order valence-corrected chi connectivity index (χ1v) is 9.50. The van der Waals surface area contributed by atoms with Gasteiger partial charge in [-0.05, 0) is 42.7 Å². The molecule has 0 aliphatic heterocycles. The minimum absolute atomic E-state index is 0.0154. The molecule has 0 bridgehead atoms. The van der Waals surface area contributed by atoms with Gasteiger partial charge in [0.15, 0.2) is 0 Å². The number of aromatic hydroxyl groups is 1. The molecule has 2 N–H and O–H groups in total. The highest BCUT2D eigenvalue weighted by atomic mass is 32.1. The van der Waals surface area contributed by atoms with Crippen molar-refractivity contribution in [2.75, 3.05) is 6.54 Å². The Morgan fingerprint density at radius 2 is 2.04 bits per heavy atom. The van der Waals surface area contributed by atoms with Crippen LogP contribution in [0.5, 0.6) is 5.75 Å². The van der Waals surface area contributed by atoms with E-state index >= 15 is 0 Å². The van der Waals surface area contributed by atoms with Gasteiger partial charge in [-0.15, -0.1) is 11.3 Å². The zero-order valence-electron chi connectivity index (χ0n) is 14.6. The van der Waals surface area contributed by atoms with Gasteiger partial charge in [-0.25, -0.2) is 4.98 Å². The lowest BCUT2D eigenvalue weighted by atomic mass is 10.1. The van der Waals surface area contributed by atoms with E-state index in [2.05, 4.69) is 15.3 Å². The van der Waals surface area contributed by atoms with Crippen LogP contribution in [0.25, 0.3) is 11.3 Å². The lowest BCUT2D eigenvalue weighted by Gasteiger charge is -2.08. The number of benzene rings is 1. The van der Waals surface area contributed by atoms with E-state index in [-0.39, 0.29) is 11.7 Å². The number of carbonyl (C=O) groups excluding carboxylic acids is 1. The first-order chi connectivity index (χ1) is 12.7. The Balaban J connectivity index is 1.50. The van der Waals surface area contributed by atoms with Gasteiger partial charge in [0.05, 0.1) is 16.3 Å². The molecule has 3 rings (SSSR count). The third kappa shape index (κ3) is 4.46. The zero-order chi connectivity index (χ0) is 18.4. The molecule has 26 heavy (non-hydrogen) atoms. The van der Waals surface area contributed by atoms with Crippen molar-refractivity contribution >= 4 is 17.2 Å². The van der Waals surface area contributed by atoms with Crippen LogP contribution in [0.2, 0.25) is 0 Å². The Bertz CT molecular complexity index is 878. The highest BCUT2D eigenvalue weighted by molar-refractivity contribution is 7.09. The summed E-state index contributed by atoms with van der Waals surface area (Å²) in [6.07, 6.45) is 5.93. The van der Waals surface area contributed by atoms with Crippen LogP contribution in [0.15, 0.2) is 48.1 Å². The molecule has 0 radical (unpaired) electrons. The van der Waals surface area contributed by atoms with E-state index in [0.29, 0.717) is 12.1 Å². The number of thiazole rings is 1. The minimum Gasteiger partial charge on any atom is -0.507 e. The minimum atomic E-state index is -0.241. The molecule has 1 amide bonds. The summed E-state index contributed by atoms with van der Waals surface area (Å²) < 4.78 is 0. The van der Waals surface area contributed by atoms with Crippen LogP contribution in [-0.2, 0) is 12.8 Å². The standard InChI is InChI=1S/C20H21N3O2S/c1-2-14-5-6-18(24)16(12-14)20(25)22-9-3-4-19-23-17(13-26-19)15-7-10-21-11-8-15/h5-8,10-13,24H,2-4,9H2,1H3,(H,22,25). The van der Waals surface area contributed by atoms with Gasteiger partial charge < -0.3 is 10.4 Å². The number of phenolic OH excluding ortho intramolecular Hbond substituents is 1. The van der Waals surface area contributed by atoms with Crippen molar-refractivity contribution in [3.63, 3.8) is 0 Å². The first kappa shape index (κ1) is 18.1. The number of amides is 1. The molecule has 2 heterocycles. The Morgan fingerprint density at radius 3 is 2.81 bits per heavy atom. The van der Waals surface area contributed by atoms with Crippen molar-refractivity contribution in [2.24, 2.45) is 0 Å². The summed E-state index contributed by atoms with van der Waals surface area (Å²) in [4.78, 5) is 20.9. The second kappa shape index (κ2) is 8.58. The van der Waals surface area contributed by atoms with E-state index in [4.69, 9.17) is 0 Å². The number of carbonyl (C=O) groups is 1. The van der Waals surface area contributed by atoms with E-state index in [1.165, 1.54) is 0 Å². The molecule has 0 fully saturated rings. The predicted octanol–water partition coefficient (Wildman–Crippen LogP) is 3.84. The van der Waals surface area contributed by atoms with Gasteiger partial charge in [-0.2, -0.15) is 0 Å². The fourth-order valence-electron chi connectivity index (χ4n) is 2.60. The number of rotatable bonds is 7. The Hall–Kier alpha value is -2.73. The Morgan fingerprint density at radius 1 is 1.23 bits per heavy atom. The average molecular weight is 367 g/mol. The number of aryl methyl sites for hydroxylation is 2. The maximum absolute atomic E-state index is 12.2. The van der Waals surface area contributed by atoms with Crippen LogP contribution in [0.4, 0.5) is 0 Å². The summed E-state index contributed by atoms with van der Waals surface area (Å²) in [5.41, 5.74) is 3.37. The fraction of sp³-hybridized carbons (Fsp3) is 0.250. The van der Waals surface area contributed by atoms with Gasteiger partial charge in [-0.1, -0.05) is 13.0 Å². The smallest absolute Gasteiger partial charge is 0.255 e. The molecular weight excluding hydrogens is 346 g/mol. The normalized spacial score (nSPS) is 10.7. The number of aromatic nitrogens is 2. The summed E-state index contributed by atoms with van der Waals surface area (Å²) in [6.45, 7) is 2.56. The molecule has 6 heteroatoms. The van der Waals surface area contributed by atoms with Gasteiger partial charge in [0.25, 0.3) is 5.91 Å². The Labute approximate surface area is 156 Å². The van der Waals surface area contributed by atoms with Crippen LogP contribution < -0.4 is 5.32 Å². The van der Waals surface area contributed by atoms with Crippen molar-refractivity contribution < 1.29 is 9.90 Å². The van der Waals surface area contributed by atoms with Crippen LogP contribution in [-0.4, -0.2) is 27.5 Å². The molecule has 5 nitrogen and oxygen atoms in total. The van der Waals surface area contributed by atoms with Crippen LogP contribution in [0.1, 0.15) is 34.3 Å². The maximum Gasteiger partial charge on any atom is 0.255 e. The second-order valence-electron chi connectivity index (χ2n) is 5.93. The monoisotopic (exact) mass is 367 g/mol. The number of phenols is 1. The van der Waals surface area contributed by atoms with E-state index in [1.807, 2.05) is 30.5 Å². The predicted molar refractivity (Wildman–Crippen MR) is 103 cm³/mol. The van der Waals surface area contributed by atoms with Gasteiger partial charge in [0.1, 0.15) is 5.75 Å². The maximum atomic E-state index is 12.2. The molecular formula is C20H21N3O2S. The summed E-state index contributed by atoms with van der Waals surface area (Å²) in [5.74, 6) is -0.226. The molecule has 3 aromatic rings. The second-order valence-corrected chi connectivity index (χ2v) is 6.87. The molecule has 0 saturated carbocycles. The molecule has 0 aliphatic rings. The largest absolute Gasteiger partial charge is 0.507 e. The van der Waals surface area contributed by atoms with E-state index in [9.17, 15) is 9.90 Å². The van der Waals surface area contributed by atoms with Crippen molar-refractivity contribution in [1.29, 1.82) is 0 Å². The summed E-state index contributed by atoms with van der Waals surface area (Å²) in [5, 5.41) is 15.8. The molecule has 0 saturated heterocycles. The molecule has 1 aromatic carbocycles. The number of nitrogens with one attached hydrogen (secondary N) is 1.